The van der Waals surface area contributed by atoms with Crippen LogP contribution in [-0.4, -0.2) is 12.5 Å². The Morgan fingerprint density at radius 3 is 2.81 bits per heavy atom. The summed E-state index contributed by atoms with van der Waals surface area (Å²) < 4.78 is 26.4. The zero-order valence-electron chi connectivity index (χ0n) is 8.08. The smallest absolute Gasteiger partial charge is 0.249 e. The fraction of sp³-hybridized carbons (Fsp3) is 0.200. The molecule has 4 nitrogen and oxygen atoms in total. The van der Waals surface area contributed by atoms with Gasteiger partial charge in [-0.05, 0) is 6.07 Å². The quantitative estimate of drug-likeness (QED) is 0.717. The van der Waals surface area contributed by atoms with Crippen LogP contribution < -0.4 is 10.6 Å². The van der Waals surface area contributed by atoms with Crippen LogP contribution in [0.1, 0.15) is 11.6 Å². The Morgan fingerprint density at radius 2 is 2.19 bits per heavy atom. The molecule has 82 valence electrons. The first kappa shape index (κ1) is 10.5. The maximum absolute atomic E-state index is 13.5. The lowest BCUT2D eigenvalue weighted by Crippen LogP contribution is -2.32. The van der Waals surface area contributed by atoms with Gasteiger partial charge in [0.15, 0.2) is 0 Å². The molecule has 1 aliphatic heterocycles. The average Bonchev–Trinajstić information content (AvgIpc) is 2.44. The van der Waals surface area contributed by atoms with Crippen molar-refractivity contribution in [3.05, 3.63) is 29.3 Å². The van der Waals surface area contributed by atoms with E-state index >= 15 is 0 Å². The van der Waals surface area contributed by atoms with E-state index in [2.05, 4.69) is 0 Å². The van der Waals surface area contributed by atoms with Gasteiger partial charge in [0, 0.05) is 11.6 Å². The van der Waals surface area contributed by atoms with E-state index in [1.165, 1.54) is 0 Å². The van der Waals surface area contributed by atoms with Crippen molar-refractivity contribution in [3.63, 3.8) is 0 Å². The predicted octanol–water partition coefficient (Wildman–Crippen LogP) is 0.835. The highest BCUT2D eigenvalue weighted by Crippen LogP contribution is 2.36. The molecule has 16 heavy (non-hydrogen) atoms. The second-order valence-electron chi connectivity index (χ2n) is 3.39. The minimum absolute atomic E-state index is 0.0813. The number of nitriles is 1. The maximum atomic E-state index is 13.5. The summed E-state index contributed by atoms with van der Waals surface area (Å²) in [6, 6.07) is 2.30. The number of hydrogen-bond donors (Lipinski definition) is 1. The van der Waals surface area contributed by atoms with Crippen molar-refractivity contribution in [2.24, 2.45) is 5.73 Å². The fourth-order valence-corrected chi connectivity index (χ4v) is 1.75. The van der Waals surface area contributed by atoms with Gasteiger partial charge in [0.25, 0.3) is 0 Å². The number of nitrogens with zero attached hydrogens (tertiary/aromatic N) is 2. The Bertz CT molecular complexity index is 510. The number of hydrogen-bond acceptors (Lipinski definition) is 3. The molecule has 0 radical (unpaired) electrons. The highest BCUT2D eigenvalue weighted by Gasteiger charge is 2.37. The topological polar surface area (TPSA) is 70.1 Å². The van der Waals surface area contributed by atoms with Crippen LogP contribution in [0.2, 0.25) is 0 Å². The van der Waals surface area contributed by atoms with Crippen LogP contribution in [0.5, 0.6) is 0 Å². The molecule has 2 N–H and O–H groups in total. The first-order chi connectivity index (χ1) is 7.56. The van der Waals surface area contributed by atoms with Crippen LogP contribution in [0.4, 0.5) is 14.5 Å². The van der Waals surface area contributed by atoms with Crippen molar-refractivity contribution < 1.29 is 13.6 Å². The zero-order valence-corrected chi connectivity index (χ0v) is 8.08. The maximum Gasteiger partial charge on any atom is 0.249 e. The number of fused-ring (bicyclic) bond motifs is 1. The summed E-state index contributed by atoms with van der Waals surface area (Å²) in [6.45, 7) is -0.303. The molecule has 1 atom stereocenters. The second kappa shape index (κ2) is 3.54. The van der Waals surface area contributed by atoms with Gasteiger partial charge in [-0.3, -0.25) is 9.69 Å². The van der Waals surface area contributed by atoms with Crippen molar-refractivity contribution >= 4 is 11.6 Å². The van der Waals surface area contributed by atoms with Crippen molar-refractivity contribution in [1.82, 2.24) is 0 Å². The van der Waals surface area contributed by atoms with Gasteiger partial charge in [0.2, 0.25) is 5.91 Å². The molecule has 1 aromatic carbocycles. The molecule has 6 heteroatoms. The van der Waals surface area contributed by atoms with Gasteiger partial charge in [-0.25, -0.2) is 8.78 Å². The number of benzene rings is 1. The summed E-state index contributed by atoms with van der Waals surface area (Å²) in [6.07, 6.45) is 0. The minimum Gasteiger partial charge on any atom is -0.316 e. The molecule has 2 rings (SSSR count). The predicted molar refractivity (Wildman–Crippen MR) is 51.3 cm³/mol. The molecule has 0 fully saturated rings. The standard InChI is InChI=1S/C10H7F2N3O/c11-5-3-6-8(14)10(16)15(2-1-13)9(6)7(12)4-5/h3-4,8H,2,14H2. The number of amides is 1. The molecule has 1 aliphatic rings. The monoisotopic (exact) mass is 223 g/mol. The molecule has 0 spiro atoms. The highest BCUT2D eigenvalue weighted by atomic mass is 19.1. The third-order valence-corrected chi connectivity index (χ3v) is 2.42. The fourth-order valence-electron chi connectivity index (χ4n) is 1.75. The van der Waals surface area contributed by atoms with Crippen LogP contribution in [0.25, 0.3) is 0 Å². The Labute approximate surface area is 89.9 Å². The Hall–Kier alpha value is -2.00. The van der Waals surface area contributed by atoms with Crippen molar-refractivity contribution in [1.29, 1.82) is 5.26 Å². The minimum atomic E-state index is -1.10. The summed E-state index contributed by atoms with van der Waals surface area (Å²) in [5, 5.41) is 8.52. The van der Waals surface area contributed by atoms with Gasteiger partial charge < -0.3 is 5.73 Å². The molecule has 1 amide bonds. The van der Waals surface area contributed by atoms with Crippen LogP contribution in [0.3, 0.4) is 0 Å². The van der Waals surface area contributed by atoms with Crippen LogP contribution in [-0.2, 0) is 4.79 Å². The lowest BCUT2D eigenvalue weighted by molar-refractivity contribution is -0.119. The van der Waals surface area contributed by atoms with Gasteiger partial charge in [0.05, 0.1) is 11.8 Å². The largest absolute Gasteiger partial charge is 0.316 e. The van der Waals surface area contributed by atoms with Gasteiger partial charge in [0.1, 0.15) is 24.2 Å². The summed E-state index contributed by atoms with van der Waals surface area (Å²) in [4.78, 5) is 12.5. The van der Waals surface area contributed by atoms with E-state index in [0.717, 1.165) is 11.0 Å². The molecule has 0 saturated heterocycles. The molecule has 1 unspecified atom stereocenters. The number of halogens is 2. The van der Waals surface area contributed by atoms with Gasteiger partial charge in [-0.15, -0.1) is 0 Å². The number of rotatable bonds is 1. The lowest BCUT2D eigenvalue weighted by Gasteiger charge is -2.13. The molecule has 0 aromatic heterocycles. The summed E-state index contributed by atoms with van der Waals surface area (Å²) in [7, 11) is 0. The van der Waals surface area contributed by atoms with Crippen molar-refractivity contribution in [2.45, 2.75) is 6.04 Å². The van der Waals surface area contributed by atoms with E-state index in [4.69, 9.17) is 11.0 Å². The molecule has 1 heterocycles. The van der Waals surface area contributed by atoms with E-state index in [1.807, 2.05) is 0 Å². The van der Waals surface area contributed by atoms with Gasteiger partial charge in [-0.1, -0.05) is 0 Å². The number of nitrogens with two attached hydrogens (primary N) is 1. The van der Waals surface area contributed by atoms with E-state index < -0.39 is 23.6 Å². The third kappa shape index (κ3) is 1.33. The summed E-state index contributed by atoms with van der Waals surface area (Å²) >= 11 is 0. The van der Waals surface area contributed by atoms with E-state index in [-0.39, 0.29) is 17.8 Å². The van der Waals surface area contributed by atoms with E-state index in [1.54, 1.807) is 6.07 Å². The first-order valence-corrected chi connectivity index (χ1v) is 4.49. The average molecular weight is 223 g/mol. The Balaban J connectivity index is 2.61. The van der Waals surface area contributed by atoms with Crippen LogP contribution in [0, 0.1) is 23.0 Å². The lowest BCUT2D eigenvalue weighted by atomic mass is 10.1. The molecular formula is C10H7F2N3O. The number of anilines is 1. The van der Waals surface area contributed by atoms with Crippen LogP contribution >= 0.6 is 0 Å². The summed E-state index contributed by atoms with van der Waals surface area (Å²) in [5.74, 6) is -2.27. The number of carbonyl (C=O) groups is 1. The SMILES string of the molecule is N#CCN1C(=O)C(N)c2cc(F)cc(F)c21. The Morgan fingerprint density at radius 1 is 1.50 bits per heavy atom. The van der Waals surface area contributed by atoms with Gasteiger partial charge >= 0.3 is 0 Å². The highest BCUT2D eigenvalue weighted by molar-refractivity contribution is 6.04. The van der Waals surface area contributed by atoms with Crippen LogP contribution in [0.15, 0.2) is 12.1 Å². The molecule has 0 bridgehead atoms. The molecule has 0 aliphatic carbocycles. The van der Waals surface area contributed by atoms with E-state index in [0.29, 0.717) is 6.07 Å². The third-order valence-electron chi connectivity index (χ3n) is 2.42. The van der Waals surface area contributed by atoms with Crippen molar-refractivity contribution in [2.75, 3.05) is 11.4 Å². The Kier molecular flexibility index (Phi) is 2.33. The normalized spacial score (nSPS) is 18.5. The van der Waals surface area contributed by atoms with Gasteiger partial charge in [-0.2, -0.15) is 5.26 Å². The van der Waals surface area contributed by atoms with Crippen molar-refractivity contribution in [3.8, 4) is 6.07 Å². The van der Waals surface area contributed by atoms with E-state index in [9.17, 15) is 13.6 Å². The first-order valence-electron chi connectivity index (χ1n) is 4.49. The zero-order chi connectivity index (χ0) is 11.9. The molecule has 1 aromatic rings. The molecule has 0 saturated carbocycles. The summed E-state index contributed by atoms with van der Waals surface area (Å²) in [5.41, 5.74) is 5.50. The molecular weight excluding hydrogens is 216 g/mol. The number of carbonyl (C=O) groups excluding carboxylic acids is 1. The second-order valence-corrected chi connectivity index (χ2v) is 3.39.